The van der Waals surface area contributed by atoms with Crippen LogP contribution in [0.2, 0.25) is 0 Å². The van der Waals surface area contributed by atoms with Crippen LogP contribution in [0.1, 0.15) is 464 Å². The Bertz CT molecular complexity index is 1960. The Kier molecular flexibility index (Phi) is 77.7. The SMILES string of the molecule is CCCCCCCCCCCCCCCCCCCCCCCCC(=O)O[C@H](COC(=O)CCCCCCCCCCCCCCCCCCCCC)COP(=O)(O)OC[C@@H](O)COP(=O)(O)OC[C@@H](COC(=O)CCCCCCCCCCC)OC(=O)CCCCCCCCCCCCCCCC. The molecule has 0 fully saturated rings. The van der Waals surface area contributed by atoms with Gasteiger partial charge in [0.2, 0.25) is 0 Å². The number of ether oxygens (including phenoxy) is 4. The maximum absolute atomic E-state index is 13.1. The second kappa shape index (κ2) is 79.2. The number of hydrogen-bond donors (Lipinski definition) is 3. The van der Waals surface area contributed by atoms with E-state index < -0.39 is 97.5 Å². The van der Waals surface area contributed by atoms with Crippen LogP contribution in [0.3, 0.4) is 0 Å². The minimum absolute atomic E-state index is 0.109. The second-order valence-corrected chi connectivity index (χ2v) is 33.5. The van der Waals surface area contributed by atoms with Gasteiger partial charge in [0.25, 0.3) is 0 Å². The molecule has 0 saturated heterocycles. The van der Waals surface area contributed by atoms with Gasteiger partial charge in [-0.05, 0) is 25.7 Å². The van der Waals surface area contributed by atoms with Gasteiger partial charge in [-0.3, -0.25) is 37.3 Å². The number of carbonyl (C=O) groups excluding carboxylic acids is 4. The van der Waals surface area contributed by atoms with E-state index in [1.54, 1.807) is 0 Å². The molecule has 0 aromatic rings. The Labute approximate surface area is 638 Å². The fourth-order valence-electron chi connectivity index (χ4n) is 13.3. The summed E-state index contributed by atoms with van der Waals surface area (Å²) in [5, 5.41) is 10.7. The molecule has 104 heavy (non-hydrogen) atoms. The summed E-state index contributed by atoms with van der Waals surface area (Å²) in [4.78, 5) is 73.1. The van der Waals surface area contributed by atoms with E-state index in [2.05, 4.69) is 27.7 Å². The standard InChI is InChI=1S/C85H166O17P2/c1-5-9-13-17-21-25-28-31-34-36-38-39-40-42-44-46-49-52-56-60-64-68-72-85(90)102-81(76-96-83(88)70-66-62-58-54-50-48-45-43-41-37-35-32-29-26-22-18-14-10-6-2)78-100-104(93,94)98-74-79(86)73-97-103(91,92)99-77-80(75-95-82(87)69-65-61-57-53-24-20-16-12-8-4)101-84(89)71-67-63-59-55-51-47-33-30-27-23-19-15-11-7-3/h79-81,86H,5-78H2,1-4H3,(H,91,92)(H,93,94)/t79-,80+,81+/m0/s1. The molecule has 0 rings (SSSR count). The van der Waals surface area contributed by atoms with Crippen LogP contribution < -0.4 is 0 Å². The fraction of sp³-hybridized carbons (Fsp3) is 0.953. The van der Waals surface area contributed by atoms with Crippen molar-refractivity contribution in [1.82, 2.24) is 0 Å². The number of rotatable bonds is 86. The molecule has 0 aromatic carbocycles. The van der Waals surface area contributed by atoms with Crippen molar-refractivity contribution in [2.45, 2.75) is 483 Å². The minimum Gasteiger partial charge on any atom is -0.462 e. The Morgan fingerprint density at radius 2 is 0.385 bits per heavy atom. The van der Waals surface area contributed by atoms with Crippen LogP contribution in [-0.2, 0) is 65.4 Å². The first-order chi connectivity index (χ1) is 50.7. The molecular weight excluding hydrogens is 1350 g/mol. The lowest BCUT2D eigenvalue weighted by Gasteiger charge is -2.21. The first-order valence-electron chi connectivity index (χ1n) is 44.3. The Balaban J connectivity index is 5.19. The third kappa shape index (κ3) is 78.2. The number of unbranched alkanes of at least 4 members (excludes halogenated alkanes) is 60. The lowest BCUT2D eigenvalue weighted by atomic mass is 10.0. The molecule has 0 aliphatic rings. The third-order valence-electron chi connectivity index (χ3n) is 20.1. The lowest BCUT2D eigenvalue weighted by Crippen LogP contribution is -2.30. The van der Waals surface area contributed by atoms with Crippen molar-refractivity contribution in [1.29, 1.82) is 0 Å². The van der Waals surface area contributed by atoms with E-state index in [1.165, 1.54) is 295 Å². The highest BCUT2D eigenvalue weighted by molar-refractivity contribution is 7.47. The molecule has 0 aliphatic heterocycles. The topological polar surface area (TPSA) is 237 Å². The average molecular weight is 1520 g/mol. The van der Waals surface area contributed by atoms with Crippen molar-refractivity contribution in [3.8, 4) is 0 Å². The maximum atomic E-state index is 13.1. The van der Waals surface area contributed by atoms with Crippen LogP contribution >= 0.6 is 15.6 Å². The van der Waals surface area contributed by atoms with E-state index >= 15 is 0 Å². The quantitative estimate of drug-likeness (QED) is 0.0222. The molecule has 2 unspecified atom stereocenters. The molecule has 0 bridgehead atoms. The van der Waals surface area contributed by atoms with E-state index in [4.69, 9.17) is 37.0 Å². The van der Waals surface area contributed by atoms with Crippen molar-refractivity contribution in [3.05, 3.63) is 0 Å². The number of aliphatic hydroxyl groups excluding tert-OH is 1. The van der Waals surface area contributed by atoms with Gasteiger partial charge in [-0.25, -0.2) is 9.13 Å². The van der Waals surface area contributed by atoms with Crippen LogP contribution in [0.15, 0.2) is 0 Å². The predicted molar refractivity (Wildman–Crippen MR) is 428 cm³/mol. The Hall–Kier alpha value is -1.94. The molecule has 0 aromatic heterocycles. The van der Waals surface area contributed by atoms with Crippen molar-refractivity contribution < 1.29 is 80.2 Å². The number of hydrogen-bond acceptors (Lipinski definition) is 15. The number of esters is 4. The molecule has 618 valence electrons. The first-order valence-corrected chi connectivity index (χ1v) is 47.3. The maximum Gasteiger partial charge on any atom is 0.472 e. The molecule has 0 spiro atoms. The van der Waals surface area contributed by atoms with Gasteiger partial charge in [0.05, 0.1) is 26.4 Å². The normalized spacial score (nSPS) is 13.7. The van der Waals surface area contributed by atoms with Gasteiger partial charge in [-0.15, -0.1) is 0 Å². The summed E-state index contributed by atoms with van der Waals surface area (Å²) < 4.78 is 68.8. The van der Waals surface area contributed by atoms with E-state index in [9.17, 15) is 43.2 Å². The van der Waals surface area contributed by atoms with Crippen molar-refractivity contribution in [2.75, 3.05) is 39.6 Å². The smallest absolute Gasteiger partial charge is 0.462 e. The van der Waals surface area contributed by atoms with E-state index in [1.807, 2.05) is 0 Å². The first kappa shape index (κ1) is 102. The van der Waals surface area contributed by atoms with Crippen LogP contribution in [0.25, 0.3) is 0 Å². The number of carbonyl (C=O) groups is 4. The van der Waals surface area contributed by atoms with Gasteiger partial charge >= 0.3 is 39.5 Å². The second-order valence-electron chi connectivity index (χ2n) is 30.6. The van der Waals surface area contributed by atoms with Crippen molar-refractivity contribution in [2.24, 2.45) is 0 Å². The number of phosphoric ester groups is 2. The predicted octanol–water partition coefficient (Wildman–Crippen LogP) is 26.1. The molecule has 5 atom stereocenters. The van der Waals surface area contributed by atoms with Crippen molar-refractivity contribution >= 4 is 39.5 Å². The molecule has 0 aliphatic carbocycles. The highest BCUT2D eigenvalue weighted by atomic mass is 31.2. The van der Waals surface area contributed by atoms with E-state index in [-0.39, 0.29) is 25.7 Å². The van der Waals surface area contributed by atoms with E-state index in [0.29, 0.717) is 25.7 Å². The molecule has 17 nitrogen and oxygen atoms in total. The zero-order chi connectivity index (χ0) is 76.0. The fourth-order valence-corrected chi connectivity index (χ4v) is 14.9. The highest BCUT2D eigenvalue weighted by Gasteiger charge is 2.30. The number of phosphoric acid groups is 2. The summed E-state index contributed by atoms with van der Waals surface area (Å²) in [6.45, 7) is 5.03. The van der Waals surface area contributed by atoms with Crippen LogP contribution in [0.4, 0.5) is 0 Å². The Morgan fingerprint density at radius 1 is 0.231 bits per heavy atom. The third-order valence-corrected chi connectivity index (χ3v) is 22.0. The molecule has 19 heteroatoms. The van der Waals surface area contributed by atoms with Gasteiger partial charge < -0.3 is 33.8 Å². The van der Waals surface area contributed by atoms with Crippen LogP contribution in [0, 0.1) is 0 Å². The van der Waals surface area contributed by atoms with Crippen LogP contribution in [0.5, 0.6) is 0 Å². The van der Waals surface area contributed by atoms with Gasteiger partial charge in [-0.1, -0.05) is 413 Å². The lowest BCUT2D eigenvalue weighted by molar-refractivity contribution is -0.161. The molecule has 0 amide bonds. The largest absolute Gasteiger partial charge is 0.472 e. The molecule has 0 radical (unpaired) electrons. The zero-order valence-corrected chi connectivity index (χ0v) is 69.8. The molecule has 3 N–H and O–H groups in total. The van der Waals surface area contributed by atoms with Gasteiger partial charge in [-0.2, -0.15) is 0 Å². The molecule has 0 heterocycles. The summed E-state index contributed by atoms with van der Waals surface area (Å²) in [5.74, 6) is -2.10. The number of aliphatic hydroxyl groups is 1. The summed E-state index contributed by atoms with van der Waals surface area (Å²) in [5.41, 5.74) is 0. The average Bonchev–Trinajstić information content (AvgIpc) is 0.910. The monoisotopic (exact) mass is 1520 g/mol. The minimum atomic E-state index is -4.96. The van der Waals surface area contributed by atoms with E-state index in [0.717, 1.165) is 89.9 Å². The van der Waals surface area contributed by atoms with Gasteiger partial charge in [0.15, 0.2) is 12.2 Å². The summed E-state index contributed by atoms with van der Waals surface area (Å²) in [6.07, 6.45) is 73.7. The highest BCUT2D eigenvalue weighted by Crippen LogP contribution is 2.45. The summed E-state index contributed by atoms with van der Waals surface area (Å²) in [6, 6.07) is 0. The Morgan fingerprint density at radius 3 is 0.567 bits per heavy atom. The summed E-state index contributed by atoms with van der Waals surface area (Å²) >= 11 is 0. The van der Waals surface area contributed by atoms with Gasteiger partial charge in [0, 0.05) is 25.7 Å². The van der Waals surface area contributed by atoms with Gasteiger partial charge in [0.1, 0.15) is 19.3 Å². The van der Waals surface area contributed by atoms with Crippen LogP contribution in [-0.4, -0.2) is 96.7 Å². The molecular formula is C85H166O17P2. The van der Waals surface area contributed by atoms with Crippen molar-refractivity contribution in [3.63, 3.8) is 0 Å². The molecule has 0 saturated carbocycles. The summed E-state index contributed by atoms with van der Waals surface area (Å²) in [7, 11) is -9.92. The zero-order valence-electron chi connectivity index (χ0n) is 68.0.